The Balaban J connectivity index is 3.86. The molecule has 0 aromatic carbocycles. The fourth-order valence-electron chi connectivity index (χ4n) is 2.41. The first kappa shape index (κ1) is 21.1. The highest BCUT2D eigenvalue weighted by atomic mass is 16.2. The zero-order valence-corrected chi connectivity index (χ0v) is 15.3. The van der Waals surface area contributed by atoms with Gasteiger partial charge in [-0.1, -0.05) is 33.6 Å². The number of hydrogen-bond donors (Lipinski definition) is 2. The topological polar surface area (TPSA) is 58.2 Å². The number of unbranched alkanes of at least 4 members (excludes halogenated alkanes) is 3. The number of rotatable bonds is 12. The van der Waals surface area contributed by atoms with Gasteiger partial charge in [0.05, 0.1) is 6.04 Å². The van der Waals surface area contributed by atoms with Crippen molar-refractivity contribution in [2.24, 2.45) is 5.41 Å². The molecule has 0 fully saturated rings. The van der Waals surface area contributed by atoms with Crippen LogP contribution in [0.5, 0.6) is 0 Å². The first-order valence-corrected chi connectivity index (χ1v) is 8.70. The van der Waals surface area contributed by atoms with Gasteiger partial charge < -0.3 is 10.6 Å². The van der Waals surface area contributed by atoms with Crippen LogP contribution in [-0.2, 0) is 9.59 Å². The van der Waals surface area contributed by atoms with E-state index in [9.17, 15) is 9.59 Å². The third-order valence-electron chi connectivity index (χ3n) is 3.83. The van der Waals surface area contributed by atoms with Crippen molar-refractivity contribution in [3.63, 3.8) is 0 Å². The van der Waals surface area contributed by atoms with Gasteiger partial charge in [-0.25, -0.2) is 0 Å². The Morgan fingerprint density at radius 1 is 1.00 bits per heavy atom. The second kappa shape index (κ2) is 11.6. The highest BCUT2D eigenvalue weighted by molar-refractivity contribution is 5.87. The van der Waals surface area contributed by atoms with E-state index in [2.05, 4.69) is 31.4 Å². The standard InChI is InChI=1S/C18H36N2O2/c1-15(21)16(11-8-10-14-19-5)20-17(22)12-7-6-9-13-18(2,3)4/h16,19H,6-14H2,1-5H3,(H,20,22). The van der Waals surface area contributed by atoms with Gasteiger partial charge in [-0.05, 0) is 58.0 Å². The highest BCUT2D eigenvalue weighted by Crippen LogP contribution is 2.22. The zero-order valence-electron chi connectivity index (χ0n) is 15.3. The molecule has 0 aliphatic carbocycles. The predicted octanol–water partition coefficient (Wildman–Crippen LogP) is 3.45. The molecular weight excluding hydrogens is 276 g/mol. The highest BCUT2D eigenvalue weighted by Gasteiger charge is 2.16. The van der Waals surface area contributed by atoms with Gasteiger partial charge in [0, 0.05) is 6.42 Å². The van der Waals surface area contributed by atoms with Gasteiger partial charge in [0.15, 0.2) is 5.78 Å². The summed E-state index contributed by atoms with van der Waals surface area (Å²) in [4.78, 5) is 23.5. The Bertz CT molecular complexity index is 322. The van der Waals surface area contributed by atoms with Crippen LogP contribution in [0.3, 0.4) is 0 Å². The number of ketones is 1. The van der Waals surface area contributed by atoms with Crippen molar-refractivity contribution in [2.45, 2.75) is 85.1 Å². The number of carbonyl (C=O) groups is 2. The monoisotopic (exact) mass is 312 g/mol. The van der Waals surface area contributed by atoms with Crippen molar-refractivity contribution < 1.29 is 9.59 Å². The molecule has 2 N–H and O–H groups in total. The Morgan fingerprint density at radius 2 is 1.68 bits per heavy atom. The lowest BCUT2D eigenvalue weighted by Gasteiger charge is -2.18. The lowest BCUT2D eigenvalue weighted by molar-refractivity contribution is -0.127. The number of hydrogen-bond acceptors (Lipinski definition) is 3. The van der Waals surface area contributed by atoms with Gasteiger partial charge in [0.1, 0.15) is 0 Å². The summed E-state index contributed by atoms with van der Waals surface area (Å²) in [6, 6.07) is -0.307. The molecule has 22 heavy (non-hydrogen) atoms. The molecule has 0 aromatic heterocycles. The number of carbonyl (C=O) groups excluding carboxylic acids is 2. The van der Waals surface area contributed by atoms with Crippen molar-refractivity contribution in [1.29, 1.82) is 0 Å². The molecule has 130 valence electrons. The molecule has 4 nitrogen and oxygen atoms in total. The fourth-order valence-corrected chi connectivity index (χ4v) is 2.41. The van der Waals surface area contributed by atoms with Crippen LogP contribution in [0.15, 0.2) is 0 Å². The van der Waals surface area contributed by atoms with Gasteiger partial charge in [-0.3, -0.25) is 9.59 Å². The van der Waals surface area contributed by atoms with Crippen LogP contribution >= 0.6 is 0 Å². The first-order valence-electron chi connectivity index (χ1n) is 8.70. The third kappa shape index (κ3) is 12.8. The molecule has 0 saturated carbocycles. The van der Waals surface area contributed by atoms with E-state index in [0.29, 0.717) is 11.8 Å². The second-order valence-corrected chi connectivity index (χ2v) is 7.45. The van der Waals surface area contributed by atoms with Crippen molar-refractivity contribution in [2.75, 3.05) is 13.6 Å². The molecule has 1 amide bonds. The van der Waals surface area contributed by atoms with Gasteiger partial charge in [0.25, 0.3) is 0 Å². The van der Waals surface area contributed by atoms with E-state index in [1.165, 1.54) is 6.42 Å². The number of Topliss-reactive ketones (excluding diaryl/α,β-unsaturated/α-hetero) is 1. The SMILES string of the molecule is CNCCCCC(NC(=O)CCCCCC(C)(C)C)C(C)=O. The maximum absolute atomic E-state index is 11.9. The van der Waals surface area contributed by atoms with Crippen molar-refractivity contribution >= 4 is 11.7 Å². The lowest BCUT2D eigenvalue weighted by Crippen LogP contribution is -2.39. The van der Waals surface area contributed by atoms with Crippen molar-refractivity contribution in [3.8, 4) is 0 Å². The smallest absolute Gasteiger partial charge is 0.220 e. The molecule has 0 rings (SSSR count). The molecule has 0 aliphatic rings. The molecule has 0 aliphatic heterocycles. The molecule has 0 bridgehead atoms. The molecule has 0 aromatic rings. The Labute approximate surface area is 136 Å². The van der Waals surface area contributed by atoms with Crippen LogP contribution in [0.1, 0.15) is 79.1 Å². The van der Waals surface area contributed by atoms with E-state index in [0.717, 1.165) is 45.1 Å². The summed E-state index contributed by atoms with van der Waals surface area (Å²) in [7, 11) is 1.92. The minimum absolute atomic E-state index is 0.0181. The Hall–Kier alpha value is -0.900. The minimum atomic E-state index is -0.307. The van der Waals surface area contributed by atoms with E-state index in [1.54, 1.807) is 6.92 Å². The minimum Gasteiger partial charge on any atom is -0.346 e. The molecule has 0 spiro atoms. The van der Waals surface area contributed by atoms with Crippen molar-refractivity contribution in [1.82, 2.24) is 10.6 Å². The van der Waals surface area contributed by atoms with Crippen LogP contribution in [0, 0.1) is 5.41 Å². The van der Waals surface area contributed by atoms with Gasteiger partial charge in [-0.15, -0.1) is 0 Å². The normalized spacial score (nSPS) is 13.0. The largest absolute Gasteiger partial charge is 0.346 e. The summed E-state index contributed by atoms with van der Waals surface area (Å²) in [5.41, 5.74) is 0.370. The maximum atomic E-state index is 11.9. The van der Waals surface area contributed by atoms with Crippen LogP contribution in [0.4, 0.5) is 0 Å². The van der Waals surface area contributed by atoms with E-state index in [1.807, 2.05) is 7.05 Å². The summed E-state index contributed by atoms with van der Waals surface area (Å²) in [5, 5.41) is 5.98. The second-order valence-electron chi connectivity index (χ2n) is 7.45. The van der Waals surface area contributed by atoms with Crippen LogP contribution < -0.4 is 10.6 Å². The fraction of sp³-hybridized carbons (Fsp3) is 0.889. The summed E-state index contributed by atoms with van der Waals surface area (Å²) in [5.74, 6) is 0.0788. The van der Waals surface area contributed by atoms with E-state index >= 15 is 0 Å². The number of amides is 1. The maximum Gasteiger partial charge on any atom is 0.220 e. The summed E-state index contributed by atoms with van der Waals surface area (Å²) >= 11 is 0. The van der Waals surface area contributed by atoms with E-state index in [-0.39, 0.29) is 17.7 Å². The van der Waals surface area contributed by atoms with E-state index in [4.69, 9.17) is 0 Å². The third-order valence-corrected chi connectivity index (χ3v) is 3.83. The van der Waals surface area contributed by atoms with Gasteiger partial charge >= 0.3 is 0 Å². The van der Waals surface area contributed by atoms with Crippen LogP contribution in [0.25, 0.3) is 0 Å². The molecule has 1 unspecified atom stereocenters. The average molecular weight is 312 g/mol. The van der Waals surface area contributed by atoms with Crippen LogP contribution in [0.2, 0.25) is 0 Å². The molecular formula is C18H36N2O2. The molecule has 0 radical (unpaired) electrons. The molecule has 0 saturated heterocycles. The first-order chi connectivity index (χ1) is 10.3. The summed E-state index contributed by atoms with van der Waals surface area (Å²) in [6.07, 6.45) is 7.61. The Morgan fingerprint density at radius 3 is 2.23 bits per heavy atom. The van der Waals surface area contributed by atoms with Crippen LogP contribution in [-0.4, -0.2) is 31.3 Å². The lowest BCUT2D eigenvalue weighted by atomic mass is 9.89. The summed E-state index contributed by atoms with van der Waals surface area (Å²) in [6.45, 7) is 9.24. The van der Waals surface area contributed by atoms with Crippen molar-refractivity contribution in [3.05, 3.63) is 0 Å². The molecule has 0 heterocycles. The Kier molecular flexibility index (Phi) is 11.2. The quantitative estimate of drug-likeness (QED) is 0.543. The van der Waals surface area contributed by atoms with Gasteiger partial charge in [0.2, 0.25) is 5.91 Å². The van der Waals surface area contributed by atoms with Gasteiger partial charge in [-0.2, -0.15) is 0 Å². The number of nitrogens with one attached hydrogen (secondary N) is 2. The predicted molar refractivity (Wildman–Crippen MR) is 92.9 cm³/mol. The average Bonchev–Trinajstić information content (AvgIpc) is 2.40. The molecule has 1 atom stereocenters. The summed E-state index contributed by atoms with van der Waals surface area (Å²) < 4.78 is 0. The molecule has 4 heteroatoms. The zero-order chi connectivity index (χ0) is 17.0. The van der Waals surface area contributed by atoms with E-state index < -0.39 is 0 Å².